The van der Waals surface area contributed by atoms with Gasteiger partial charge in [-0.05, 0) is 29.2 Å². The topological polar surface area (TPSA) is 101 Å². The molecule has 174 valence electrons. The summed E-state index contributed by atoms with van der Waals surface area (Å²) in [6.07, 6.45) is 0. The van der Waals surface area contributed by atoms with Gasteiger partial charge >= 0.3 is 5.69 Å². The number of nitrogens with zero attached hydrogens (tertiary/aromatic N) is 2. The third kappa shape index (κ3) is 6.52. The van der Waals surface area contributed by atoms with E-state index < -0.39 is 11.2 Å². The van der Waals surface area contributed by atoms with Crippen LogP contribution in [0.5, 0.6) is 0 Å². The van der Waals surface area contributed by atoms with Gasteiger partial charge in [-0.1, -0.05) is 67.9 Å². The average molecular weight is 487 g/mol. The Morgan fingerprint density at radius 1 is 1.12 bits per heavy atom. The van der Waals surface area contributed by atoms with E-state index in [0.29, 0.717) is 17.3 Å². The molecule has 0 fully saturated rings. The number of thioether (sulfide) groups is 1. The lowest BCUT2D eigenvalue weighted by molar-refractivity contribution is -0.116. The van der Waals surface area contributed by atoms with Crippen LogP contribution in [-0.4, -0.2) is 27.8 Å². The van der Waals surface area contributed by atoms with Gasteiger partial charge in [0.05, 0.1) is 12.3 Å². The third-order valence-electron chi connectivity index (χ3n) is 4.90. The molecule has 3 N–H and O–H groups in total. The van der Waals surface area contributed by atoms with Crippen molar-refractivity contribution >= 4 is 40.8 Å². The number of rotatable bonds is 9. The molecule has 0 saturated heterocycles. The van der Waals surface area contributed by atoms with Crippen molar-refractivity contribution in [1.82, 2.24) is 9.55 Å². The molecule has 9 heteroatoms. The molecule has 1 amide bonds. The number of nitrogens with one attached hydrogen (secondary N) is 1. The molecular formula is C24H27ClN4O3S. The minimum absolute atomic E-state index is 0.00702. The summed E-state index contributed by atoms with van der Waals surface area (Å²) in [4.78, 5) is 42.2. The predicted molar refractivity (Wildman–Crippen MR) is 136 cm³/mol. The molecule has 0 aliphatic carbocycles. The zero-order valence-electron chi connectivity index (χ0n) is 18.6. The lowest BCUT2D eigenvalue weighted by atomic mass is 10.2. The van der Waals surface area contributed by atoms with E-state index in [4.69, 9.17) is 17.3 Å². The Kier molecular flexibility index (Phi) is 8.41. The van der Waals surface area contributed by atoms with Crippen molar-refractivity contribution in [3.63, 3.8) is 0 Å². The first-order chi connectivity index (χ1) is 15.8. The molecule has 0 radical (unpaired) electrons. The maximum absolute atomic E-state index is 13.2. The summed E-state index contributed by atoms with van der Waals surface area (Å²) < 4.78 is 1.28. The fraction of sp³-hybridized carbons (Fsp3) is 0.292. The second-order valence-corrected chi connectivity index (χ2v) is 9.51. The highest BCUT2D eigenvalue weighted by atomic mass is 35.5. The van der Waals surface area contributed by atoms with Gasteiger partial charge in [-0.3, -0.25) is 19.1 Å². The summed E-state index contributed by atoms with van der Waals surface area (Å²) >= 11 is 7.45. The number of anilines is 2. The first kappa shape index (κ1) is 24.7. The van der Waals surface area contributed by atoms with Crippen LogP contribution in [0.3, 0.4) is 0 Å². The van der Waals surface area contributed by atoms with Crippen LogP contribution in [0, 0.1) is 5.92 Å². The van der Waals surface area contributed by atoms with Crippen molar-refractivity contribution in [3.05, 3.63) is 91.6 Å². The van der Waals surface area contributed by atoms with E-state index in [0.717, 1.165) is 11.1 Å². The largest absolute Gasteiger partial charge is 0.383 e. The van der Waals surface area contributed by atoms with Crippen molar-refractivity contribution in [1.29, 1.82) is 0 Å². The summed E-state index contributed by atoms with van der Waals surface area (Å²) in [5, 5.41) is 0.640. The molecule has 3 rings (SSSR count). The normalized spacial score (nSPS) is 11.0. The second-order valence-electron chi connectivity index (χ2n) is 8.09. The zero-order chi connectivity index (χ0) is 24.0. The molecule has 0 saturated carbocycles. The van der Waals surface area contributed by atoms with Gasteiger partial charge in [-0.15, -0.1) is 11.8 Å². The van der Waals surface area contributed by atoms with Gasteiger partial charge in [-0.25, -0.2) is 4.79 Å². The molecule has 1 heterocycles. The van der Waals surface area contributed by atoms with Crippen molar-refractivity contribution < 1.29 is 4.79 Å². The van der Waals surface area contributed by atoms with Crippen molar-refractivity contribution in [3.8, 4) is 0 Å². The van der Waals surface area contributed by atoms with Crippen LogP contribution >= 0.6 is 23.4 Å². The van der Waals surface area contributed by atoms with Crippen molar-refractivity contribution in [2.75, 3.05) is 22.9 Å². The van der Waals surface area contributed by atoms with E-state index in [2.05, 4.69) is 4.98 Å². The number of aromatic amines is 1. The molecule has 3 aromatic rings. The highest BCUT2D eigenvalue weighted by Gasteiger charge is 2.25. The van der Waals surface area contributed by atoms with Gasteiger partial charge in [0.1, 0.15) is 5.82 Å². The Morgan fingerprint density at radius 3 is 2.48 bits per heavy atom. The quantitative estimate of drug-likeness (QED) is 0.479. The summed E-state index contributed by atoms with van der Waals surface area (Å²) in [6, 6.07) is 16.8. The number of H-pyrrole nitrogens is 1. The maximum atomic E-state index is 13.2. The highest BCUT2D eigenvalue weighted by molar-refractivity contribution is 7.99. The van der Waals surface area contributed by atoms with Crippen LogP contribution < -0.4 is 21.9 Å². The lowest BCUT2D eigenvalue weighted by Gasteiger charge is -2.26. The number of nitrogen functional groups attached to an aromatic ring is 1. The van der Waals surface area contributed by atoms with Gasteiger partial charge in [0.15, 0.2) is 5.69 Å². The molecule has 0 aliphatic heterocycles. The second kappa shape index (κ2) is 11.2. The number of hydrogen-bond acceptors (Lipinski definition) is 5. The molecule has 2 aromatic carbocycles. The maximum Gasteiger partial charge on any atom is 0.330 e. The zero-order valence-corrected chi connectivity index (χ0v) is 20.2. The number of benzene rings is 2. The number of aromatic nitrogens is 2. The standard InChI is InChI=1S/C24H27ClN4O3S/c1-16(2)12-28(20(30)15-33-14-18-9-6-10-19(25)11-18)21-22(26)29(24(32)27-23(21)31)13-17-7-4-3-5-8-17/h3-11,16H,12-15,26H2,1-2H3,(H,27,31,32). The number of hydrogen-bond donors (Lipinski definition) is 2. The van der Waals surface area contributed by atoms with E-state index in [1.165, 1.54) is 21.2 Å². The number of carbonyl (C=O) groups excluding carboxylic acids is 1. The Bertz CT molecular complexity index is 1220. The van der Waals surface area contributed by atoms with E-state index >= 15 is 0 Å². The van der Waals surface area contributed by atoms with Gasteiger partial charge in [0, 0.05) is 17.3 Å². The molecule has 0 atom stereocenters. The number of carbonyl (C=O) groups is 1. The molecule has 0 unspecified atom stereocenters. The van der Waals surface area contributed by atoms with Crippen molar-refractivity contribution in [2.45, 2.75) is 26.1 Å². The van der Waals surface area contributed by atoms with Gasteiger partial charge < -0.3 is 10.6 Å². The monoisotopic (exact) mass is 486 g/mol. The van der Waals surface area contributed by atoms with Crippen LogP contribution in [0.2, 0.25) is 5.02 Å². The van der Waals surface area contributed by atoms with Crippen LogP contribution in [0.4, 0.5) is 11.5 Å². The minimum Gasteiger partial charge on any atom is -0.383 e. The average Bonchev–Trinajstić information content (AvgIpc) is 2.76. The Hall–Kier alpha value is -2.97. The number of halogens is 1. The molecule has 7 nitrogen and oxygen atoms in total. The molecule has 0 bridgehead atoms. The smallest absolute Gasteiger partial charge is 0.330 e. The predicted octanol–water partition coefficient (Wildman–Crippen LogP) is 3.74. The molecular weight excluding hydrogens is 460 g/mol. The van der Waals surface area contributed by atoms with E-state index in [1.807, 2.05) is 62.4 Å². The Morgan fingerprint density at radius 2 is 1.82 bits per heavy atom. The minimum atomic E-state index is -0.671. The molecule has 1 aromatic heterocycles. The van der Waals surface area contributed by atoms with Gasteiger partial charge in [0.2, 0.25) is 5.91 Å². The first-order valence-electron chi connectivity index (χ1n) is 10.5. The SMILES string of the molecule is CC(C)CN(C(=O)CSCc1cccc(Cl)c1)c1c(N)n(Cc2ccccc2)c(=O)[nH]c1=O. The lowest BCUT2D eigenvalue weighted by Crippen LogP contribution is -2.43. The summed E-state index contributed by atoms with van der Waals surface area (Å²) in [5.74, 6) is 0.552. The van der Waals surface area contributed by atoms with Crippen LogP contribution in [0.15, 0.2) is 64.2 Å². The Labute approximate surface area is 201 Å². The van der Waals surface area contributed by atoms with Crippen LogP contribution in [0.1, 0.15) is 25.0 Å². The highest BCUT2D eigenvalue weighted by Crippen LogP contribution is 2.22. The summed E-state index contributed by atoms with van der Waals surface area (Å²) in [7, 11) is 0. The number of amides is 1. The van der Waals surface area contributed by atoms with E-state index in [-0.39, 0.29) is 35.6 Å². The molecule has 0 spiro atoms. The van der Waals surface area contributed by atoms with E-state index in [9.17, 15) is 14.4 Å². The fourth-order valence-corrected chi connectivity index (χ4v) is 4.47. The third-order valence-corrected chi connectivity index (χ3v) is 6.12. The summed E-state index contributed by atoms with van der Waals surface area (Å²) in [6.45, 7) is 4.38. The van der Waals surface area contributed by atoms with Crippen molar-refractivity contribution in [2.24, 2.45) is 5.92 Å². The van der Waals surface area contributed by atoms with Crippen LogP contribution in [-0.2, 0) is 17.1 Å². The Balaban J connectivity index is 1.87. The fourth-order valence-electron chi connectivity index (χ4n) is 3.40. The summed E-state index contributed by atoms with van der Waals surface area (Å²) in [5.41, 5.74) is 6.89. The molecule has 33 heavy (non-hydrogen) atoms. The first-order valence-corrected chi connectivity index (χ1v) is 12.1. The van der Waals surface area contributed by atoms with Gasteiger partial charge in [0.25, 0.3) is 5.56 Å². The molecule has 0 aliphatic rings. The van der Waals surface area contributed by atoms with Crippen LogP contribution in [0.25, 0.3) is 0 Å². The number of nitrogens with two attached hydrogens (primary N) is 1. The van der Waals surface area contributed by atoms with Gasteiger partial charge in [-0.2, -0.15) is 0 Å². The van der Waals surface area contributed by atoms with E-state index in [1.54, 1.807) is 6.07 Å².